The fourth-order valence-corrected chi connectivity index (χ4v) is 1.64. The molecule has 3 heteroatoms. The maximum absolute atomic E-state index is 10.5. The highest BCUT2D eigenvalue weighted by Crippen LogP contribution is 2.16. The molecule has 1 unspecified atom stereocenters. The molecule has 0 amide bonds. The molecule has 2 rings (SSSR count). The monoisotopic (exact) mass is 206 g/mol. The summed E-state index contributed by atoms with van der Waals surface area (Å²) >= 11 is 0. The Morgan fingerprint density at radius 1 is 1.53 bits per heavy atom. The zero-order chi connectivity index (χ0) is 10.5. The highest BCUT2D eigenvalue weighted by Gasteiger charge is 2.15. The lowest BCUT2D eigenvalue weighted by molar-refractivity contribution is 0.0679. The van der Waals surface area contributed by atoms with Crippen molar-refractivity contribution in [3.8, 4) is 5.75 Å². The van der Waals surface area contributed by atoms with Gasteiger partial charge >= 0.3 is 0 Å². The minimum Gasteiger partial charge on any atom is -0.491 e. The van der Waals surface area contributed by atoms with Crippen LogP contribution in [0, 0.1) is 0 Å². The first-order valence-corrected chi connectivity index (χ1v) is 5.18. The number of hydrogen-bond donors (Lipinski definition) is 0. The lowest BCUT2D eigenvalue weighted by Crippen LogP contribution is -2.16. The van der Waals surface area contributed by atoms with Crippen LogP contribution < -0.4 is 4.74 Å². The van der Waals surface area contributed by atoms with E-state index in [1.807, 2.05) is 12.1 Å². The van der Waals surface area contributed by atoms with Crippen LogP contribution >= 0.6 is 0 Å². The van der Waals surface area contributed by atoms with Crippen LogP contribution in [-0.4, -0.2) is 25.6 Å². The van der Waals surface area contributed by atoms with Crippen molar-refractivity contribution in [1.82, 2.24) is 0 Å². The van der Waals surface area contributed by atoms with Gasteiger partial charge in [-0.25, -0.2) is 0 Å². The van der Waals surface area contributed by atoms with E-state index < -0.39 is 0 Å². The molecule has 0 spiro atoms. The van der Waals surface area contributed by atoms with Crippen LogP contribution in [0.4, 0.5) is 0 Å². The SMILES string of the molecule is O=Cc1cccc(OCC2CCCO2)c1. The van der Waals surface area contributed by atoms with Gasteiger partial charge in [-0.05, 0) is 25.0 Å². The van der Waals surface area contributed by atoms with Gasteiger partial charge in [0.2, 0.25) is 0 Å². The molecule has 1 aromatic carbocycles. The Kier molecular flexibility index (Phi) is 3.35. The van der Waals surface area contributed by atoms with Gasteiger partial charge < -0.3 is 9.47 Å². The van der Waals surface area contributed by atoms with Gasteiger partial charge in [-0.15, -0.1) is 0 Å². The molecule has 15 heavy (non-hydrogen) atoms. The van der Waals surface area contributed by atoms with Crippen molar-refractivity contribution in [3.05, 3.63) is 29.8 Å². The van der Waals surface area contributed by atoms with Crippen molar-refractivity contribution in [2.24, 2.45) is 0 Å². The Morgan fingerprint density at radius 3 is 3.20 bits per heavy atom. The molecule has 0 aromatic heterocycles. The molecule has 1 fully saturated rings. The Bertz CT molecular complexity index is 329. The van der Waals surface area contributed by atoms with Crippen LogP contribution in [0.3, 0.4) is 0 Å². The van der Waals surface area contributed by atoms with Crippen LogP contribution in [0.25, 0.3) is 0 Å². The maximum atomic E-state index is 10.5. The van der Waals surface area contributed by atoms with Gasteiger partial charge in [0.1, 0.15) is 18.6 Å². The highest BCUT2D eigenvalue weighted by molar-refractivity contribution is 5.75. The summed E-state index contributed by atoms with van der Waals surface area (Å²) in [5.74, 6) is 0.732. The third-order valence-corrected chi connectivity index (χ3v) is 2.45. The van der Waals surface area contributed by atoms with Crippen LogP contribution in [0.5, 0.6) is 5.75 Å². The first kappa shape index (κ1) is 10.2. The minimum absolute atomic E-state index is 0.213. The van der Waals surface area contributed by atoms with Crippen LogP contribution in [-0.2, 0) is 4.74 Å². The molecule has 1 atom stereocenters. The van der Waals surface area contributed by atoms with E-state index in [0.29, 0.717) is 12.2 Å². The smallest absolute Gasteiger partial charge is 0.150 e. The van der Waals surface area contributed by atoms with Gasteiger partial charge in [-0.3, -0.25) is 4.79 Å². The third kappa shape index (κ3) is 2.80. The number of ether oxygens (including phenoxy) is 2. The second-order valence-corrected chi connectivity index (χ2v) is 3.64. The van der Waals surface area contributed by atoms with Gasteiger partial charge in [0.05, 0.1) is 6.10 Å². The summed E-state index contributed by atoms with van der Waals surface area (Å²) in [7, 11) is 0. The molecule has 0 aliphatic carbocycles. The molecule has 0 N–H and O–H groups in total. The second kappa shape index (κ2) is 4.94. The van der Waals surface area contributed by atoms with Gasteiger partial charge in [0.15, 0.2) is 0 Å². The molecule has 1 aliphatic heterocycles. The first-order valence-electron chi connectivity index (χ1n) is 5.18. The summed E-state index contributed by atoms with van der Waals surface area (Å²) in [5, 5.41) is 0. The summed E-state index contributed by atoms with van der Waals surface area (Å²) in [6, 6.07) is 7.16. The molecule has 1 saturated heterocycles. The Labute approximate surface area is 89.0 Å². The summed E-state index contributed by atoms with van der Waals surface area (Å²) < 4.78 is 11.0. The van der Waals surface area contributed by atoms with Crippen molar-refractivity contribution in [2.45, 2.75) is 18.9 Å². The fraction of sp³-hybridized carbons (Fsp3) is 0.417. The van der Waals surface area contributed by atoms with E-state index >= 15 is 0 Å². The molecule has 3 nitrogen and oxygen atoms in total. The van der Waals surface area contributed by atoms with Crippen LogP contribution in [0.2, 0.25) is 0 Å². The summed E-state index contributed by atoms with van der Waals surface area (Å²) in [4.78, 5) is 10.5. The zero-order valence-electron chi connectivity index (χ0n) is 8.52. The Hall–Kier alpha value is -1.35. The molecule has 80 valence electrons. The molecule has 0 radical (unpaired) electrons. The van der Waals surface area contributed by atoms with E-state index in [1.165, 1.54) is 0 Å². The second-order valence-electron chi connectivity index (χ2n) is 3.64. The number of hydrogen-bond acceptors (Lipinski definition) is 3. The molecular weight excluding hydrogens is 192 g/mol. The highest BCUT2D eigenvalue weighted by atomic mass is 16.5. The average Bonchev–Trinajstić information content (AvgIpc) is 2.79. The van der Waals surface area contributed by atoms with Crippen molar-refractivity contribution >= 4 is 6.29 Å². The Balaban J connectivity index is 1.89. The van der Waals surface area contributed by atoms with E-state index in [-0.39, 0.29) is 6.10 Å². The van der Waals surface area contributed by atoms with Crippen molar-refractivity contribution < 1.29 is 14.3 Å². The summed E-state index contributed by atoms with van der Waals surface area (Å²) in [6.07, 6.45) is 3.21. The summed E-state index contributed by atoms with van der Waals surface area (Å²) in [6.45, 7) is 1.41. The topological polar surface area (TPSA) is 35.5 Å². The third-order valence-electron chi connectivity index (χ3n) is 2.45. The van der Waals surface area contributed by atoms with Gasteiger partial charge in [-0.2, -0.15) is 0 Å². The van der Waals surface area contributed by atoms with Gasteiger partial charge in [-0.1, -0.05) is 12.1 Å². The lowest BCUT2D eigenvalue weighted by Gasteiger charge is -2.11. The predicted molar refractivity (Wildman–Crippen MR) is 56.3 cm³/mol. The summed E-state index contributed by atoms with van der Waals surface area (Å²) in [5.41, 5.74) is 0.639. The Morgan fingerprint density at radius 2 is 2.47 bits per heavy atom. The van der Waals surface area contributed by atoms with Crippen molar-refractivity contribution in [3.63, 3.8) is 0 Å². The normalized spacial score (nSPS) is 20.1. The molecular formula is C12H14O3. The largest absolute Gasteiger partial charge is 0.491 e. The van der Waals surface area contributed by atoms with E-state index in [9.17, 15) is 4.79 Å². The zero-order valence-corrected chi connectivity index (χ0v) is 8.52. The number of carbonyl (C=O) groups excluding carboxylic acids is 1. The van der Waals surface area contributed by atoms with E-state index in [4.69, 9.17) is 9.47 Å². The first-order chi connectivity index (χ1) is 7.38. The molecule has 0 bridgehead atoms. The standard InChI is InChI=1S/C12H14O3/c13-8-10-3-1-4-11(7-10)15-9-12-5-2-6-14-12/h1,3-4,7-8,12H,2,5-6,9H2. The van der Waals surface area contributed by atoms with Crippen molar-refractivity contribution in [1.29, 1.82) is 0 Å². The number of aldehydes is 1. The van der Waals surface area contributed by atoms with E-state index in [0.717, 1.165) is 31.5 Å². The maximum Gasteiger partial charge on any atom is 0.150 e. The molecule has 1 aliphatic rings. The quantitative estimate of drug-likeness (QED) is 0.707. The molecule has 1 aromatic rings. The molecule has 1 heterocycles. The van der Waals surface area contributed by atoms with Crippen LogP contribution in [0.15, 0.2) is 24.3 Å². The van der Waals surface area contributed by atoms with E-state index in [1.54, 1.807) is 12.1 Å². The lowest BCUT2D eigenvalue weighted by atomic mass is 10.2. The van der Waals surface area contributed by atoms with Crippen molar-refractivity contribution in [2.75, 3.05) is 13.2 Å². The minimum atomic E-state index is 0.213. The predicted octanol–water partition coefficient (Wildman–Crippen LogP) is 2.06. The fourth-order valence-electron chi connectivity index (χ4n) is 1.64. The number of carbonyl (C=O) groups is 1. The van der Waals surface area contributed by atoms with Gasteiger partial charge in [0.25, 0.3) is 0 Å². The van der Waals surface area contributed by atoms with E-state index in [2.05, 4.69) is 0 Å². The number of rotatable bonds is 4. The van der Waals surface area contributed by atoms with Gasteiger partial charge in [0, 0.05) is 12.2 Å². The molecule has 0 saturated carbocycles. The average molecular weight is 206 g/mol. The van der Waals surface area contributed by atoms with Crippen LogP contribution in [0.1, 0.15) is 23.2 Å². The number of benzene rings is 1.